The average Bonchev–Trinajstić information content (AvgIpc) is 3.33. The van der Waals surface area contributed by atoms with E-state index in [-0.39, 0.29) is 11.8 Å². The van der Waals surface area contributed by atoms with Crippen LogP contribution in [0.5, 0.6) is 0 Å². The summed E-state index contributed by atoms with van der Waals surface area (Å²) < 4.78 is 0. The van der Waals surface area contributed by atoms with E-state index in [4.69, 9.17) is 0 Å². The molecule has 0 atom stereocenters. The minimum Gasteiger partial charge on any atom is -0.342 e. The van der Waals surface area contributed by atoms with Crippen molar-refractivity contribution in [3.8, 4) is 0 Å². The molecule has 1 aromatic carbocycles. The van der Waals surface area contributed by atoms with Gasteiger partial charge in [-0.15, -0.1) is 0 Å². The number of nitrogens with zero attached hydrogens (tertiary/aromatic N) is 1. The normalized spacial score (nSPS) is 20.5. The van der Waals surface area contributed by atoms with Crippen LogP contribution in [0, 0.1) is 5.41 Å². The number of carbonyl (C=O) groups is 2. The zero-order valence-corrected chi connectivity index (χ0v) is 12.3. The number of carbonyl (C=O) groups excluding carboxylic acids is 2. The Morgan fingerprint density at radius 2 is 1.57 bits per heavy atom. The van der Waals surface area contributed by atoms with Crippen molar-refractivity contribution in [2.24, 2.45) is 5.41 Å². The van der Waals surface area contributed by atoms with Crippen molar-refractivity contribution in [3.63, 3.8) is 0 Å². The van der Waals surface area contributed by atoms with E-state index in [0.717, 1.165) is 31.6 Å². The number of anilines is 1. The first-order valence-electron chi connectivity index (χ1n) is 7.88. The predicted molar refractivity (Wildman–Crippen MR) is 81.8 cm³/mol. The Kier molecular flexibility index (Phi) is 3.95. The van der Waals surface area contributed by atoms with Crippen molar-refractivity contribution in [3.05, 3.63) is 30.3 Å². The van der Waals surface area contributed by atoms with Crippen LogP contribution in [0.25, 0.3) is 0 Å². The first kappa shape index (κ1) is 14.1. The van der Waals surface area contributed by atoms with Crippen LogP contribution in [-0.2, 0) is 9.59 Å². The SMILES string of the molecule is O=C(Nc1ccccc1)C1(C(=O)N2CCCCCC2)CC1. The van der Waals surface area contributed by atoms with Crippen LogP contribution in [0.15, 0.2) is 30.3 Å². The lowest BCUT2D eigenvalue weighted by Crippen LogP contribution is -2.43. The van der Waals surface area contributed by atoms with Gasteiger partial charge in [-0.05, 0) is 37.8 Å². The van der Waals surface area contributed by atoms with Gasteiger partial charge in [-0.25, -0.2) is 0 Å². The van der Waals surface area contributed by atoms with Crippen LogP contribution in [0.2, 0.25) is 0 Å². The Morgan fingerprint density at radius 1 is 0.952 bits per heavy atom. The first-order valence-corrected chi connectivity index (χ1v) is 7.88. The van der Waals surface area contributed by atoms with Gasteiger partial charge in [0.15, 0.2) is 0 Å². The van der Waals surface area contributed by atoms with E-state index in [1.807, 2.05) is 35.2 Å². The number of rotatable bonds is 3. The van der Waals surface area contributed by atoms with Gasteiger partial charge in [-0.3, -0.25) is 9.59 Å². The molecule has 21 heavy (non-hydrogen) atoms. The first-order chi connectivity index (χ1) is 10.2. The molecule has 1 aromatic rings. The Balaban J connectivity index is 1.68. The summed E-state index contributed by atoms with van der Waals surface area (Å²) in [5, 5.41) is 2.89. The van der Waals surface area contributed by atoms with Gasteiger partial charge in [0, 0.05) is 18.8 Å². The largest absolute Gasteiger partial charge is 0.342 e. The molecule has 0 bridgehead atoms. The highest BCUT2D eigenvalue weighted by atomic mass is 16.2. The van der Waals surface area contributed by atoms with Gasteiger partial charge < -0.3 is 10.2 Å². The summed E-state index contributed by atoms with van der Waals surface area (Å²) in [4.78, 5) is 27.1. The summed E-state index contributed by atoms with van der Waals surface area (Å²) in [5.74, 6) is -0.0965. The van der Waals surface area contributed by atoms with E-state index in [1.54, 1.807) is 0 Å². The van der Waals surface area contributed by atoms with Crippen LogP contribution in [0.4, 0.5) is 5.69 Å². The van der Waals surface area contributed by atoms with Gasteiger partial charge in [0.1, 0.15) is 5.41 Å². The van der Waals surface area contributed by atoms with E-state index in [1.165, 1.54) is 12.8 Å². The molecule has 4 nitrogen and oxygen atoms in total. The molecule has 112 valence electrons. The fourth-order valence-corrected chi connectivity index (χ4v) is 3.01. The minimum atomic E-state index is -0.791. The minimum absolute atomic E-state index is 0.0397. The molecule has 1 heterocycles. The predicted octanol–water partition coefficient (Wildman–Crippen LogP) is 2.81. The fourth-order valence-electron chi connectivity index (χ4n) is 3.01. The van der Waals surface area contributed by atoms with Crippen LogP contribution in [0.3, 0.4) is 0 Å². The lowest BCUT2D eigenvalue weighted by Gasteiger charge is -2.25. The van der Waals surface area contributed by atoms with Crippen LogP contribution in [-0.4, -0.2) is 29.8 Å². The molecule has 1 aliphatic heterocycles. The van der Waals surface area contributed by atoms with E-state index >= 15 is 0 Å². The number of benzene rings is 1. The molecule has 4 heteroatoms. The van der Waals surface area contributed by atoms with Crippen molar-refractivity contribution in [1.82, 2.24) is 4.90 Å². The highest BCUT2D eigenvalue weighted by molar-refractivity contribution is 6.13. The number of amides is 2. The standard InChI is InChI=1S/C17H22N2O2/c20-15(18-14-8-4-3-5-9-14)17(10-11-17)16(21)19-12-6-1-2-7-13-19/h3-5,8-9H,1-2,6-7,10-13H2,(H,18,20). The van der Waals surface area contributed by atoms with Gasteiger partial charge in [-0.1, -0.05) is 31.0 Å². The Hall–Kier alpha value is -1.84. The zero-order valence-electron chi connectivity index (χ0n) is 12.3. The summed E-state index contributed by atoms with van der Waals surface area (Å²) in [7, 11) is 0. The molecule has 1 saturated heterocycles. The molecular weight excluding hydrogens is 264 g/mol. The van der Waals surface area contributed by atoms with E-state index < -0.39 is 5.41 Å². The van der Waals surface area contributed by atoms with Gasteiger partial charge in [0.2, 0.25) is 11.8 Å². The number of hydrogen-bond donors (Lipinski definition) is 1. The maximum absolute atomic E-state index is 12.7. The molecule has 1 N–H and O–H groups in total. The smallest absolute Gasteiger partial charge is 0.240 e. The highest BCUT2D eigenvalue weighted by Crippen LogP contribution is 2.48. The third-order valence-corrected chi connectivity index (χ3v) is 4.52. The topological polar surface area (TPSA) is 49.4 Å². The second kappa shape index (κ2) is 5.88. The summed E-state index contributed by atoms with van der Waals surface area (Å²) in [6.07, 6.45) is 5.85. The number of hydrogen-bond acceptors (Lipinski definition) is 2. The zero-order chi connectivity index (χ0) is 14.7. The number of nitrogens with one attached hydrogen (secondary N) is 1. The van der Waals surface area contributed by atoms with E-state index in [0.29, 0.717) is 12.8 Å². The van der Waals surface area contributed by atoms with Crippen LogP contribution in [0.1, 0.15) is 38.5 Å². The molecule has 2 fully saturated rings. The van der Waals surface area contributed by atoms with Crippen molar-refractivity contribution in [2.45, 2.75) is 38.5 Å². The summed E-state index contributed by atoms with van der Waals surface area (Å²) in [6.45, 7) is 1.61. The molecule has 0 spiro atoms. The molecule has 0 unspecified atom stereocenters. The lowest BCUT2D eigenvalue weighted by molar-refractivity contribution is -0.142. The summed E-state index contributed by atoms with van der Waals surface area (Å²) in [6, 6.07) is 9.37. The molecule has 0 aromatic heterocycles. The van der Waals surface area contributed by atoms with E-state index in [9.17, 15) is 9.59 Å². The van der Waals surface area contributed by atoms with Gasteiger partial charge >= 0.3 is 0 Å². The number of likely N-dealkylation sites (tertiary alicyclic amines) is 1. The molecule has 1 aliphatic carbocycles. The Morgan fingerprint density at radius 3 is 2.14 bits per heavy atom. The van der Waals surface area contributed by atoms with Gasteiger partial charge in [-0.2, -0.15) is 0 Å². The average molecular weight is 286 g/mol. The molecular formula is C17H22N2O2. The molecule has 2 amide bonds. The maximum atomic E-state index is 12.7. The third-order valence-electron chi connectivity index (χ3n) is 4.52. The molecule has 2 aliphatic rings. The molecule has 3 rings (SSSR count). The van der Waals surface area contributed by atoms with Crippen molar-refractivity contribution < 1.29 is 9.59 Å². The van der Waals surface area contributed by atoms with Crippen molar-refractivity contribution >= 4 is 17.5 Å². The van der Waals surface area contributed by atoms with Crippen molar-refractivity contribution in [2.75, 3.05) is 18.4 Å². The summed E-state index contributed by atoms with van der Waals surface area (Å²) >= 11 is 0. The second-order valence-corrected chi connectivity index (χ2v) is 6.11. The third kappa shape index (κ3) is 2.94. The van der Waals surface area contributed by atoms with Crippen molar-refractivity contribution in [1.29, 1.82) is 0 Å². The van der Waals surface area contributed by atoms with E-state index in [2.05, 4.69) is 5.32 Å². The fraction of sp³-hybridized carbons (Fsp3) is 0.529. The van der Waals surface area contributed by atoms with Crippen LogP contribution < -0.4 is 5.32 Å². The second-order valence-electron chi connectivity index (χ2n) is 6.11. The number of para-hydroxylation sites is 1. The van der Waals surface area contributed by atoms with Gasteiger partial charge in [0.25, 0.3) is 0 Å². The highest BCUT2D eigenvalue weighted by Gasteiger charge is 2.57. The maximum Gasteiger partial charge on any atom is 0.240 e. The monoisotopic (exact) mass is 286 g/mol. The lowest BCUT2D eigenvalue weighted by atomic mass is 10.0. The molecule has 0 radical (unpaired) electrons. The van der Waals surface area contributed by atoms with Gasteiger partial charge in [0.05, 0.1) is 0 Å². The Labute approximate surface area is 125 Å². The quantitative estimate of drug-likeness (QED) is 0.869. The van der Waals surface area contributed by atoms with Crippen LogP contribution >= 0.6 is 0 Å². The molecule has 1 saturated carbocycles. The summed E-state index contributed by atoms with van der Waals surface area (Å²) in [5.41, 5.74) is -0.0300. The Bertz CT molecular complexity index is 515.